The zero-order valence-corrected chi connectivity index (χ0v) is 13.6. The second kappa shape index (κ2) is 6.01. The first kappa shape index (κ1) is 14.9. The van der Waals surface area contributed by atoms with Gasteiger partial charge in [0.05, 0.1) is 5.02 Å². The van der Waals surface area contributed by atoms with Crippen molar-refractivity contribution in [1.29, 1.82) is 0 Å². The number of carbonyl (C=O) groups is 1. The number of nitrogens with zero attached hydrogens (tertiary/aromatic N) is 2. The van der Waals surface area contributed by atoms with Crippen molar-refractivity contribution in [2.45, 2.75) is 57.7 Å². The van der Waals surface area contributed by atoms with E-state index in [1.807, 2.05) is 4.90 Å². The largest absolute Gasteiger partial charge is 0.356 e. The molecule has 1 amide bonds. The highest BCUT2D eigenvalue weighted by Gasteiger charge is 2.36. The van der Waals surface area contributed by atoms with E-state index in [1.54, 1.807) is 12.3 Å². The van der Waals surface area contributed by atoms with E-state index in [0.717, 1.165) is 19.5 Å². The first-order chi connectivity index (χ1) is 10.1. The van der Waals surface area contributed by atoms with Gasteiger partial charge in [0.25, 0.3) is 5.91 Å². The van der Waals surface area contributed by atoms with Crippen LogP contribution in [0.3, 0.4) is 0 Å². The number of piperidine rings is 1. The van der Waals surface area contributed by atoms with E-state index in [1.165, 1.54) is 19.3 Å². The summed E-state index contributed by atoms with van der Waals surface area (Å²) in [5.41, 5.74) is 0.600. The van der Waals surface area contributed by atoms with Gasteiger partial charge in [-0.15, -0.1) is 0 Å². The molecule has 2 aliphatic heterocycles. The molecule has 0 aliphatic carbocycles. The fourth-order valence-electron chi connectivity index (χ4n) is 3.98. The number of nitrogens with one attached hydrogen (secondary N) is 1. The molecule has 0 spiro atoms. The summed E-state index contributed by atoms with van der Waals surface area (Å²) in [6, 6.07) is 3.50. The van der Waals surface area contributed by atoms with Gasteiger partial charge in [0.2, 0.25) is 0 Å². The summed E-state index contributed by atoms with van der Waals surface area (Å²) in [4.78, 5) is 20.1. The number of hydrogen-bond donors (Lipinski definition) is 1. The maximum Gasteiger partial charge on any atom is 0.270 e. The molecule has 21 heavy (non-hydrogen) atoms. The summed E-state index contributed by atoms with van der Waals surface area (Å²) in [5, 5.41) is 0.591. The molecular weight excluding hydrogens is 286 g/mol. The van der Waals surface area contributed by atoms with Crippen molar-refractivity contribution in [3.8, 4) is 0 Å². The number of H-pyrrole nitrogens is 1. The minimum absolute atomic E-state index is 0.0751. The van der Waals surface area contributed by atoms with E-state index in [-0.39, 0.29) is 5.91 Å². The van der Waals surface area contributed by atoms with Crippen molar-refractivity contribution >= 4 is 17.5 Å². The standard InChI is InChI=1S/C16H24ClN3O/c1-11-5-6-12(2)20(11)14-4-3-7-19(10-14)16(21)15-8-13(17)9-18-15/h8-9,11-12,14,18H,3-7,10H2,1-2H3/t11-,12+,14-/m1/s1. The van der Waals surface area contributed by atoms with Gasteiger partial charge >= 0.3 is 0 Å². The molecule has 0 aromatic carbocycles. The van der Waals surface area contributed by atoms with Crippen LogP contribution in [0, 0.1) is 0 Å². The maximum absolute atomic E-state index is 12.6. The van der Waals surface area contributed by atoms with Crippen LogP contribution in [0.15, 0.2) is 12.3 Å². The van der Waals surface area contributed by atoms with Gasteiger partial charge in [-0.1, -0.05) is 11.6 Å². The third kappa shape index (κ3) is 2.97. The number of aromatic nitrogens is 1. The predicted octanol–water partition coefficient (Wildman–Crippen LogP) is 3.15. The lowest BCUT2D eigenvalue weighted by Crippen LogP contribution is -2.52. The highest BCUT2D eigenvalue weighted by atomic mass is 35.5. The van der Waals surface area contributed by atoms with Gasteiger partial charge in [0.1, 0.15) is 5.69 Å². The van der Waals surface area contributed by atoms with Crippen molar-refractivity contribution in [2.24, 2.45) is 0 Å². The van der Waals surface area contributed by atoms with Gasteiger partial charge in [-0.05, 0) is 45.6 Å². The Morgan fingerprint density at radius 3 is 2.62 bits per heavy atom. The zero-order valence-electron chi connectivity index (χ0n) is 12.8. The SMILES string of the molecule is C[C@@H]1CC[C@H](C)N1[C@@H]1CCCN(C(=O)c2cc(Cl)c[nH]2)C1. The molecule has 0 saturated carbocycles. The molecule has 0 radical (unpaired) electrons. The van der Waals surface area contributed by atoms with Crippen LogP contribution in [0.4, 0.5) is 0 Å². The number of amides is 1. The van der Waals surface area contributed by atoms with E-state index in [0.29, 0.717) is 28.8 Å². The number of likely N-dealkylation sites (tertiary alicyclic amines) is 2. The third-order valence-corrected chi connectivity index (χ3v) is 5.22. The second-order valence-corrected chi connectivity index (χ2v) is 6.94. The summed E-state index contributed by atoms with van der Waals surface area (Å²) in [6.07, 6.45) is 6.50. The fourth-order valence-corrected chi connectivity index (χ4v) is 4.14. The Hall–Kier alpha value is -1.00. The van der Waals surface area contributed by atoms with Crippen LogP contribution >= 0.6 is 11.6 Å². The zero-order chi connectivity index (χ0) is 15.0. The van der Waals surface area contributed by atoms with Crippen LogP contribution in [-0.2, 0) is 0 Å². The summed E-state index contributed by atoms with van der Waals surface area (Å²) in [7, 11) is 0. The molecule has 1 aromatic rings. The summed E-state index contributed by atoms with van der Waals surface area (Å²) >= 11 is 5.90. The highest BCUT2D eigenvalue weighted by Crippen LogP contribution is 2.30. The minimum atomic E-state index is 0.0751. The summed E-state index contributed by atoms with van der Waals surface area (Å²) < 4.78 is 0. The van der Waals surface area contributed by atoms with Crippen LogP contribution in [0.1, 0.15) is 50.0 Å². The van der Waals surface area contributed by atoms with Crippen LogP contribution < -0.4 is 0 Å². The molecule has 0 bridgehead atoms. The van der Waals surface area contributed by atoms with Crippen molar-refractivity contribution in [1.82, 2.24) is 14.8 Å². The lowest BCUT2D eigenvalue weighted by molar-refractivity contribution is 0.0483. The van der Waals surface area contributed by atoms with Gasteiger partial charge < -0.3 is 9.88 Å². The van der Waals surface area contributed by atoms with Gasteiger partial charge in [-0.3, -0.25) is 9.69 Å². The molecule has 2 saturated heterocycles. The Bertz CT molecular complexity index is 505. The Balaban J connectivity index is 1.69. The van der Waals surface area contributed by atoms with Crippen LogP contribution in [0.2, 0.25) is 5.02 Å². The molecule has 2 fully saturated rings. The average molecular weight is 310 g/mol. The number of halogens is 1. The minimum Gasteiger partial charge on any atom is -0.356 e. The smallest absolute Gasteiger partial charge is 0.270 e. The molecule has 3 rings (SSSR count). The van der Waals surface area contributed by atoms with E-state index in [9.17, 15) is 4.79 Å². The highest BCUT2D eigenvalue weighted by molar-refractivity contribution is 6.30. The predicted molar refractivity (Wildman–Crippen MR) is 84.7 cm³/mol. The van der Waals surface area contributed by atoms with E-state index in [4.69, 9.17) is 11.6 Å². The molecule has 4 nitrogen and oxygen atoms in total. The number of hydrogen-bond acceptors (Lipinski definition) is 2. The molecule has 5 heteroatoms. The Kier molecular flexibility index (Phi) is 4.27. The summed E-state index contributed by atoms with van der Waals surface area (Å²) in [5.74, 6) is 0.0751. The van der Waals surface area contributed by atoms with Crippen LogP contribution in [0.5, 0.6) is 0 Å². The summed E-state index contributed by atoms with van der Waals surface area (Å²) in [6.45, 7) is 6.32. The van der Waals surface area contributed by atoms with Crippen molar-refractivity contribution in [3.63, 3.8) is 0 Å². The molecule has 116 valence electrons. The van der Waals surface area contributed by atoms with E-state index < -0.39 is 0 Å². The van der Waals surface area contributed by atoms with Crippen LogP contribution in [-0.4, -0.2) is 51.9 Å². The third-order valence-electron chi connectivity index (χ3n) is 5.00. The van der Waals surface area contributed by atoms with Gasteiger partial charge in [0.15, 0.2) is 0 Å². The molecule has 1 aromatic heterocycles. The first-order valence-electron chi connectivity index (χ1n) is 7.97. The van der Waals surface area contributed by atoms with E-state index in [2.05, 4.69) is 23.7 Å². The monoisotopic (exact) mass is 309 g/mol. The normalized spacial score (nSPS) is 30.8. The van der Waals surface area contributed by atoms with Crippen molar-refractivity contribution in [3.05, 3.63) is 23.0 Å². The molecule has 3 heterocycles. The lowest BCUT2D eigenvalue weighted by Gasteiger charge is -2.41. The quantitative estimate of drug-likeness (QED) is 0.911. The molecule has 3 atom stereocenters. The van der Waals surface area contributed by atoms with Gasteiger partial charge in [0, 0.05) is 37.4 Å². The fraction of sp³-hybridized carbons (Fsp3) is 0.688. The van der Waals surface area contributed by atoms with Crippen molar-refractivity contribution in [2.75, 3.05) is 13.1 Å². The Labute approximate surface area is 131 Å². The maximum atomic E-state index is 12.6. The lowest BCUT2D eigenvalue weighted by atomic mass is 10.0. The molecule has 1 N–H and O–H groups in total. The van der Waals surface area contributed by atoms with Gasteiger partial charge in [-0.2, -0.15) is 0 Å². The first-order valence-corrected chi connectivity index (χ1v) is 8.34. The second-order valence-electron chi connectivity index (χ2n) is 6.50. The topological polar surface area (TPSA) is 39.3 Å². The number of carbonyl (C=O) groups excluding carboxylic acids is 1. The molecular formula is C16H24ClN3O. The van der Waals surface area contributed by atoms with Crippen molar-refractivity contribution < 1.29 is 4.79 Å². The van der Waals surface area contributed by atoms with Crippen LogP contribution in [0.25, 0.3) is 0 Å². The molecule has 2 aliphatic rings. The number of rotatable bonds is 2. The Morgan fingerprint density at radius 1 is 1.29 bits per heavy atom. The van der Waals surface area contributed by atoms with E-state index >= 15 is 0 Å². The Morgan fingerprint density at radius 2 is 2.00 bits per heavy atom. The average Bonchev–Trinajstić information content (AvgIpc) is 3.04. The number of aromatic amines is 1. The van der Waals surface area contributed by atoms with Gasteiger partial charge in [-0.25, -0.2) is 0 Å². The molecule has 0 unspecified atom stereocenters.